The molecule has 0 spiro atoms. The summed E-state index contributed by atoms with van der Waals surface area (Å²) in [5, 5.41) is 5.46. The molecule has 1 rings (SSSR count). The molecule has 0 atom stereocenters. The molecule has 84 valence electrons. The number of nitrogens with one attached hydrogen (secondary N) is 1. The highest BCUT2D eigenvalue weighted by atomic mass is 32.1. The second-order valence-corrected chi connectivity index (χ2v) is 4.47. The smallest absolute Gasteiger partial charge is 0.0328 e. The van der Waals surface area contributed by atoms with Gasteiger partial charge in [0.05, 0.1) is 0 Å². The van der Waals surface area contributed by atoms with Crippen LogP contribution in [0.3, 0.4) is 0 Å². The molecule has 0 fully saturated rings. The van der Waals surface area contributed by atoms with Crippen molar-refractivity contribution in [3.63, 3.8) is 0 Å². The van der Waals surface area contributed by atoms with Gasteiger partial charge in [0.25, 0.3) is 0 Å². The Bertz CT molecular complexity index is 257. The first-order valence-corrected chi connectivity index (χ1v) is 6.31. The fourth-order valence-electron chi connectivity index (χ4n) is 1.41. The fraction of sp³-hybridized carbons (Fsp3) is 0.500. The lowest BCUT2D eigenvalue weighted by molar-refractivity contribution is 0.283. The first-order chi connectivity index (χ1) is 7.36. The Kier molecular flexibility index (Phi) is 6.32. The minimum absolute atomic E-state index is 0.899. The second-order valence-electron chi connectivity index (χ2n) is 3.44. The van der Waals surface area contributed by atoms with Crippen molar-refractivity contribution in [3.8, 4) is 0 Å². The lowest BCUT2D eigenvalue weighted by Crippen LogP contribution is -2.31. The van der Waals surface area contributed by atoms with Gasteiger partial charge in [-0.2, -0.15) is 0 Å². The summed E-state index contributed by atoms with van der Waals surface area (Å²) < 4.78 is 0. The number of nitrogens with zero attached hydrogens (tertiary/aromatic N) is 1. The highest BCUT2D eigenvalue weighted by Crippen LogP contribution is 2.11. The van der Waals surface area contributed by atoms with Crippen LogP contribution in [0.25, 0.3) is 0 Å². The Labute approximate surface area is 96.6 Å². The molecular weight excluding hydrogens is 204 g/mol. The maximum atomic E-state index is 3.68. The van der Waals surface area contributed by atoms with E-state index in [1.165, 1.54) is 4.88 Å². The van der Waals surface area contributed by atoms with Crippen molar-refractivity contribution >= 4 is 11.3 Å². The standard InChI is InChI=1S/C12H20N2S/c1-3-7-13-8-9-14(4-2)11-12-6-5-10-15-12/h3,5-6,10,13H,1,4,7-9,11H2,2H3. The van der Waals surface area contributed by atoms with Gasteiger partial charge >= 0.3 is 0 Å². The molecule has 0 amide bonds. The molecule has 1 N–H and O–H groups in total. The third kappa shape index (κ3) is 5.11. The molecule has 0 saturated heterocycles. The van der Waals surface area contributed by atoms with E-state index in [1.54, 1.807) is 0 Å². The monoisotopic (exact) mass is 224 g/mol. The first-order valence-electron chi connectivity index (χ1n) is 5.43. The Morgan fingerprint density at radius 1 is 1.60 bits per heavy atom. The van der Waals surface area contributed by atoms with Crippen molar-refractivity contribution in [1.82, 2.24) is 10.2 Å². The first kappa shape index (κ1) is 12.4. The van der Waals surface area contributed by atoms with Crippen molar-refractivity contribution in [1.29, 1.82) is 0 Å². The minimum atomic E-state index is 0.899. The van der Waals surface area contributed by atoms with Crippen LogP contribution in [0.4, 0.5) is 0 Å². The Balaban J connectivity index is 2.20. The summed E-state index contributed by atoms with van der Waals surface area (Å²) in [4.78, 5) is 3.89. The normalized spacial score (nSPS) is 10.8. The van der Waals surface area contributed by atoms with E-state index in [-0.39, 0.29) is 0 Å². The number of rotatable bonds is 8. The summed E-state index contributed by atoms with van der Waals surface area (Å²) in [5.41, 5.74) is 0. The van der Waals surface area contributed by atoms with Gasteiger partial charge in [-0.3, -0.25) is 4.90 Å². The van der Waals surface area contributed by atoms with Crippen LogP contribution in [0, 0.1) is 0 Å². The van der Waals surface area contributed by atoms with E-state index in [2.05, 4.69) is 41.2 Å². The lowest BCUT2D eigenvalue weighted by atomic mass is 10.4. The maximum Gasteiger partial charge on any atom is 0.0328 e. The van der Waals surface area contributed by atoms with E-state index in [4.69, 9.17) is 0 Å². The van der Waals surface area contributed by atoms with Gasteiger partial charge in [-0.25, -0.2) is 0 Å². The van der Waals surface area contributed by atoms with E-state index >= 15 is 0 Å². The zero-order valence-electron chi connectivity index (χ0n) is 9.41. The van der Waals surface area contributed by atoms with Crippen molar-refractivity contribution in [3.05, 3.63) is 35.0 Å². The van der Waals surface area contributed by atoms with Crippen molar-refractivity contribution in [2.75, 3.05) is 26.2 Å². The summed E-state index contributed by atoms with van der Waals surface area (Å²) in [6.07, 6.45) is 1.90. The fourth-order valence-corrected chi connectivity index (χ4v) is 2.16. The van der Waals surface area contributed by atoms with Gasteiger partial charge in [0.1, 0.15) is 0 Å². The Hall–Kier alpha value is -0.640. The number of thiophene rings is 1. The van der Waals surface area contributed by atoms with Crippen molar-refractivity contribution in [2.45, 2.75) is 13.5 Å². The van der Waals surface area contributed by atoms with Crippen LogP contribution in [0.2, 0.25) is 0 Å². The third-order valence-electron chi connectivity index (χ3n) is 2.30. The summed E-state index contributed by atoms with van der Waals surface area (Å²) in [5.74, 6) is 0. The van der Waals surface area contributed by atoms with E-state index in [0.717, 1.165) is 32.7 Å². The van der Waals surface area contributed by atoms with Crippen molar-refractivity contribution in [2.24, 2.45) is 0 Å². The predicted octanol–water partition coefficient (Wildman–Crippen LogP) is 2.35. The van der Waals surface area contributed by atoms with Gasteiger partial charge in [0.15, 0.2) is 0 Å². The highest BCUT2D eigenvalue weighted by molar-refractivity contribution is 7.09. The molecule has 0 bridgehead atoms. The van der Waals surface area contributed by atoms with E-state index in [1.807, 2.05) is 17.4 Å². The summed E-state index contributed by atoms with van der Waals surface area (Å²) in [6, 6.07) is 4.31. The van der Waals surface area contributed by atoms with Gasteiger partial charge in [0.2, 0.25) is 0 Å². The van der Waals surface area contributed by atoms with E-state index in [0.29, 0.717) is 0 Å². The van der Waals surface area contributed by atoms with Crippen LogP contribution in [0.15, 0.2) is 30.2 Å². The van der Waals surface area contributed by atoms with E-state index < -0.39 is 0 Å². The number of hydrogen-bond donors (Lipinski definition) is 1. The zero-order chi connectivity index (χ0) is 10.9. The van der Waals surface area contributed by atoms with Gasteiger partial charge in [-0.05, 0) is 18.0 Å². The topological polar surface area (TPSA) is 15.3 Å². The lowest BCUT2D eigenvalue weighted by Gasteiger charge is -2.19. The Morgan fingerprint density at radius 3 is 3.07 bits per heavy atom. The summed E-state index contributed by atoms with van der Waals surface area (Å²) in [6.45, 7) is 11.1. The molecule has 2 nitrogen and oxygen atoms in total. The van der Waals surface area contributed by atoms with Crippen LogP contribution < -0.4 is 5.32 Å². The second kappa shape index (κ2) is 7.63. The molecule has 0 aliphatic carbocycles. The molecular formula is C12H20N2S. The van der Waals surface area contributed by atoms with Crippen LogP contribution in [-0.2, 0) is 6.54 Å². The van der Waals surface area contributed by atoms with Gasteiger partial charge in [0, 0.05) is 31.1 Å². The molecule has 0 unspecified atom stereocenters. The quantitative estimate of drug-likeness (QED) is 0.538. The molecule has 1 heterocycles. The maximum absolute atomic E-state index is 3.68. The van der Waals surface area contributed by atoms with Gasteiger partial charge < -0.3 is 5.32 Å². The highest BCUT2D eigenvalue weighted by Gasteiger charge is 2.03. The molecule has 1 aromatic heterocycles. The largest absolute Gasteiger partial charge is 0.312 e. The summed E-state index contributed by atoms with van der Waals surface area (Å²) in [7, 11) is 0. The molecule has 1 aromatic rings. The Morgan fingerprint density at radius 2 is 2.47 bits per heavy atom. The van der Waals surface area contributed by atoms with E-state index in [9.17, 15) is 0 Å². The SMILES string of the molecule is C=CCNCCN(CC)Cc1cccs1. The predicted molar refractivity (Wildman–Crippen MR) is 68.3 cm³/mol. The number of likely N-dealkylation sites (N-methyl/N-ethyl adjacent to an activating group) is 1. The number of hydrogen-bond acceptors (Lipinski definition) is 3. The summed E-state index contributed by atoms with van der Waals surface area (Å²) >= 11 is 1.83. The average Bonchev–Trinajstić information content (AvgIpc) is 2.75. The van der Waals surface area contributed by atoms with Crippen molar-refractivity contribution < 1.29 is 0 Å². The van der Waals surface area contributed by atoms with Gasteiger partial charge in [-0.1, -0.05) is 19.1 Å². The molecule has 0 saturated carbocycles. The molecule has 0 aliphatic rings. The molecule has 0 aliphatic heterocycles. The molecule has 0 aromatic carbocycles. The van der Waals surface area contributed by atoms with Crippen LogP contribution in [0.1, 0.15) is 11.8 Å². The van der Waals surface area contributed by atoms with Gasteiger partial charge in [-0.15, -0.1) is 17.9 Å². The van der Waals surface area contributed by atoms with Crippen LogP contribution >= 0.6 is 11.3 Å². The average molecular weight is 224 g/mol. The molecule has 0 radical (unpaired) electrons. The van der Waals surface area contributed by atoms with Crippen LogP contribution in [0.5, 0.6) is 0 Å². The third-order valence-corrected chi connectivity index (χ3v) is 3.16. The zero-order valence-corrected chi connectivity index (χ0v) is 10.2. The molecule has 15 heavy (non-hydrogen) atoms. The molecule has 3 heteroatoms. The minimum Gasteiger partial charge on any atom is -0.312 e. The van der Waals surface area contributed by atoms with Crippen LogP contribution in [-0.4, -0.2) is 31.1 Å².